The first-order chi connectivity index (χ1) is 13.9. The fourth-order valence-electron chi connectivity index (χ4n) is 4.23. The van der Waals surface area contributed by atoms with E-state index in [0.717, 1.165) is 60.2 Å². The van der Waals surface area contributed by atoms with Crippen LogP contribution in [0.25, 0.3) is 0 Å². The van der Waals surface area contributed by atoms with E-state index in [1.165, 1.54) is 12.1 Å². The summed E-state index contributed by atoms with van der Waals surface area (Å²) in [6, 6.07) is 10.3. The van der Waals surface area contributed by atoms with Gasteiger partial charge in [0.2, 0.25) is 5.91 Å². The van der Waals surface area contributed by atoms with Crippen molar-refractivity contribution in [1.29, 1.82) is 0 Å². The number of ether oxygens (including phenoxy) is 1. The van der Waals surface area contributed by atoms with Crippen molar-refractivity contribution in [1.82, 2.24) is 0 Å². The molecule has 0 aliphatic heterocycles. The summed E-state index contributed by atoms with van der Waals surface area (Å²) < 4.78 is 5.83. The van der Waals surface area contributed by atoms with E-state index in [4.69, 9.17) is 4.74 Å². The molecule has 1 saturated carbocycles. The van der Waals surface area contributed by atoms with Gasteiger partial charge in [-0.15, -0.1) is 0 Å². The number of carbonyl (C=O) groups excluding carboxylic acids is 1. The van der Waals surface area contributed by atoms with Crippen molar-refractivity contribution >= 4 is 17.3 Å². The lowest BCUT2D eigenvalue weighted by atomic mass is 9.78. The number of nitro groups is 1. The molecule has 0 saturated heterocycles. The van der Waals surface area contributed by atoms with Crippen LogP contribution in [0.2, 0.25) is 0 Å². The lowest BCUT2D eigenvalue weighted by Gasteiger charge is -2.28. The molecule has 154 valence electrons. The van der Waals surface area contributed by atoms with E-state index >= 15 is 0 Å². The standard InChI is InChI=1S/C23H28N2O4/c1-4-13-29-21-16(2)14-19(15-17(21)3)24-22(26)23(11-5-6-12-23)18-7-9-20(10-8-18)25(27)28/h7-10,14-15H,4-6,11-13H2,1-3H3,(H,24,26). The zero-order valence-electron chi connectivity index (χ0n) is 17.3. The molecular weight excluding hydrogens is 368 g/mol. The van der Waals surface area contributed by atoms with Crippen LogP contribution >= 0.6 is 0 Å². The second-order valence-corrected chi connectivity index (χ2v) is 7.83. The summed E-state index contributed by atoms with van der Waals surface area (Å²) in [5.41, 5.74) is 2.97. The van der Waals surface area contributed by atoms with Gasteiger partial charge in [0.25, 0.3) is 5.69 Å². The van der Waals surface area contributed by atoms with Crippen LogP contribution < -0.4 is 10.1 Å². The fourth-order valence-corrected chi connectivity index (χ4v) is 4.23. The van der Waals surface area contributed by atoms with Crippen molar-refractivity contribution in [2.24, 2.45) is 0 Å². The number of rotatable bonds is 7. The van der Waals surface area contributed by atoms with Gasteiger partial charge in [0, 0.05) is 17.8 Å². The highest BCUT2D eigenvalue weighted by Gasteiger charge is 2.43. The molecule has 0 radical (unpaired) electrons. The normalized spacial score (nSPS) is 15.1. The van der Waals surface area contributed by atoms with Crippen molar-refractivity contribution < 1.29 is 14.5 Å². The first kappa shape index (κ1) is 20.8. The second-order valence-electron chi connectivity index (χ2n) is 7.83. The topological polar surface area (TPSA) is 81.5 Å². The first-order valence-electron chi connectivity index (χ1n) is 10.2. The number of carbonyl (C=O) groups is 1. The van der Waals surface area contributed by atoms with Crippen molar-refractivity contribution in [3.8, 4) is 5.75 Å². The number of hydrogen-bond donors (Lipinski definition) is 1. The second kappa shape index (κ2) is 8.64. The Morgan fingerprint density at radius 3 is 2.24 bits per heavy atom. The number of aryl methyl sites for hydroxylation is 2. The molecule has 1 N–H and O–H groups in total. The number of nitrogens with one attached hydrogen (secondary N) is 1. The van der Waals surface area contributed by atoms with Gasteiger partial charge >= 0.3 is 0 Å². The van der Waals surface area contributed by atoms with Gasteiger partial charge in [0.15, 0.2) is 0 Å². The van der Waals surface area contributed by atoms with Crippen molar-refractivity contribution in [2.45, 2.75) is 58.3 Å². The molecule has 0 unspecified atom stereocenters. The molecule has 29 heavy (non-hydrogen) atoms. The maximum absolute atomic E-state index is 13.4. The highest BCUT2D eigenvalue weighted by atomic mass is 16.6. The van der Waals surface area contributed by atoms with E-state index in [1.807, 2.05) is 26.0 Å². The van der Waals surface area contributed by atoms with E-state index < -0.39 is 10.3 Å². The number of hydrogen-bond acceptors (Lipinski definition) is 4. The minimum absolute atomic E-state index is 0.0382. The maximum Gasteiger partial charge on any atom is 0.269 e. The Bertz CT molecular complexity index is 877. The fraction of sp³-hybridized carbons (Fsp3) is 0.435. The summed E-state index contributed by atoms with van der Waals surface area (Å²) in [4.78, 5) is 23.9. The number of anilines is 1. The summed E-state index contributed by atoms with van der Waals surface area (Å²) in [6.07, 6.45) is 4.35. The highest BCUT2D eigenvalue weighted by Crippen LogP contribution is 2.42. The molecule has 1 aliphatic rings. The predicted octanol–water partition coefficient (Wildman–Crippen LogP) is 5.45. The van der Waals surface area contributed by atoms with Crippen LogP contribution in [-0.4, -0.2) is 17.4 Å². The van der Waals surface area contributed by atoms with Gasteiger partial charge in [-0.2, -0.15) is 0 Å². The Balaban J connectivity index is 1.86. The molecule has 2 aromatic carbocycles. The third-order valence-corrected chi connectivity index (χ3v) is 5.69. The predicted molar refractivity (Wildman–Crippen MR) is 114 cm³/mol. The zero-order chi connectivity index (χ0) is 21.0. The summed E-state index contributed by atoms with van der Waals surface area (Å²) in [5.74, 6) is 0.820. The lowest BCUT2D eigenvalue weighted by molar-refractivity contribution is -0.384. The van der Waals surface area contributed by atoms with Gasteiger partial charge in [-0.25, -0.2) is 0 Å². The molecule has 1 aliphatic carbocycles. The van der Waals surface area contributed by atoms with Crippen LogP contribution in [0.1, 0.15) is 55.7 Å². The third kappa shape index (κ3) is 4.26. The van der Waals surface area contributed by atoms with Crippen LogP contribution in [0, 0.1) is 24.0 Å². The molecule has 1 fully saturated rings. The summed E-state index contributed by atoms with van der Waals surface area (Å²) in [6.45, 7) is 6.69. The van der Waals surface area contributed by atoms with E-state index in [1.54, 1.807) is 12.1 Å². The highest BCUT2D eigenvalue weighted by molar-refractivity contribution is 5.99. The molecule has 0 bridgehead atoms. The number of nitro benzene ring substituents is 1. The van der Waals surface area contributed by atoms with Gasteiger partial charge in [-0.05, 0) is 61.9 Å². The Morgan fingerprint density at radius 2 is 1.72 bits per heavy atom. The Labute approximate surface area is 171 Å². The molecule has 0 spiro atoms. The van der Waals surface area contributed by atoms with Gasteiger partial charge < -0.3 is 10.1 Å². The average Bonchev–Trinajstić information content (AvgIpc) is 3.19. The number of benzene rings is 2. The van der Waals surface area contributed by atoms with Crippen molar-refractivity contribution in [3.63, 3.8) is 0 Å². The first-order valence-corrected chi connectivity index (χ1v) is 10.2. The van der Waals surface area contributed by atoms with Gasteiger partial charge in [-0.3, -0.25) is 14.9 Å². The van der Waals surface area contributed by atoms with Gasteiger partial charge in [0.05, 0.1) is 16.9 Å². The van der Waals surface area contributed by atoms with Crippen molar-refractivity contribution in [2.75, 3.05) is 11.9 Å². The smallest absolute Gasteiger partial charge is 0.269 e. The largest absolute Gasteiger partial charge is 0.493 e. The van der Waals surface area contributed by atoms with Crippen LogP contribution in [0.3, 0.4) is 0 Å². The minimum Gasteiger partial charge on any atom is -0.493 e. The van der Waals surface area contributed by atoms with Gasteiger partial charge in [0.1, 0.15) is 5.75 Å². The molecule has 6 heteroatoms. The van der Waals surface area contributed by atoms with Crippen molar-refractivity contribution in [3.05, 3.63) is 63.2 Å². The molecule has 0 atom stereocenters. The minimum atomic E-state index is -0.645. The zero-order valence-corrected chi connectivity index (χ0v) is 17.3. The van der Waals surface area contributed by atoms with Crippen LogP contribution in [0.15, 0.2) is 36.4 Å². The van der Waals surface area contributed by atoms with Crippen LogP contribution in [-0.2, 0) is 10.2 Å². The molecular formula is C23H28N2O4. The lowest BCUT2D eigenvalue weighted by Crippen LogP contribution is -2.38. The molecule has 2 aromatic rings. The monoisotopic (exact) mass is 396 g/mol. The maximum atomic E-state index is 13.4. The van der Waals surface area contributed by atoms with E-state index in [-0.39, 0.29) is 11.6 Å². The van der Waals surface area contributed by atoms with Gasteiger partial charge in [-0.1, -0.05) is 31.9 Å². The molecule has 6 nitrogen and oxygen atoms in total. The van der Waals surface area contributed by atoms with Crippen LogP contribution in [0.5, 0.6) is 5.75 Å². The summed E-state index contributed by atoms with van der Waals surface area (Å²) >= 11 is 0. The molecule has 0 aromatic heterocycles. The van der Waals surface area contributed by atoms with E-state index in [2.05, 4.69) is 12.2 Å². The molecule has 3 rings (SSSR count). The Hall–Kier alpha value is -2.89. The van der Waals surface area contributed by atoms with E-state index in [0.29, 0.717) is 6.61 Å². The third-order valence-electron chi connectivity index (χ3n) is 5.69. The quantitative estimate of drug-likeness (QED) is 0.498. The number of nitrogens with zero attached hydrogens (tertiary/aromatic N) is 1. The molecule has 1 amide bonds. The Morgan fingerprint density at radius 1 is 1.14 bits per heavy atom. The molecule has 0 heterocycles. The summed E-state index contributed by atoms with van der Waals surface area (Å²) in [7, 11) is 0. The number of non-ortho nitro benzene ring substituents is 1. The van der Waals surface area contributed by atoms with E-state index in [9.17, 15) is 14.9 Å². The number of amides is 1. The Kier molecular flexibility index (Phi) is 6.20. The van der Waals surface area contributed by atoms with Crippen LogP contribution in [0.4, 0.5) is 11.4 Å². The average molecular weight is 396 g/mol. The SMILES string of the molecule is CCCOc1c(C)cc(NC(=O)C2(c3ccc([N+](=O)[O-])cc3)CCCC2)cc1C. The summed E-state index contributed by atoms with van der Waals surface area (Å²) in [5, 5.41) is 14.1.